The average Bonchev–Trinajstić information content (AvgIpc) is 2.98. The lowest BCUT2D eigenvalue weighted by Crippen LogP contribution is -2.19. The molecule has 1 heterocycles. The monoisotopic (exact) mass is 398 g/mol. The van der Waals surface area contributed by atoms with Crippen LogP contribution in [0.5, 0.6) is 0 Å². The van der Waals surface area contributed by atoms with E-state index in [9.17, 15) is 9.59 Å². The predicted octanol–water partition coefficient (Wildman–Crippen LogP) is 5.03. The van der Waals surface area contributed by atoms with Gasteiger partial charge in [-0.15, -0.1) is 11.3 Å². The van der Waals surface area contributed by atoms with E-state index in [-0.39, 0.29) is 5.91 Å². The molecule has 0 saturated heterocycles. The minimum Gasteiger partial charge on any atom is -0.365 e. The Labute approximate surface area is 166 Å². The summed E-state index contributed by atoms with van der Waals surface area (Å²) >= 11 is 7.72. The van der Waals surface area contributed by atoms with E-state index in [4.69, 9.17) is 17.3 Å². The zero-order valence-corrected chi connectivity index (χ0v) is 16.4. The quantitative estimate of drug-likeness (QED) is 0.649. The molecule has 1 aromatic heterocycles. The van der Waals surface area contributed by atoms with E-state index in [2.05, 4.69) is 12.2 Å². The van der Waals surface area contributed by atoms with Crippen molar-refractivity contribution in [2.45, 2.75) is 26.2 Å². The highest BCUT2D eigenvalue weighted by Gasteiger charge is 2.27. The average molecular weight is 399 g/mol. The van der Waals surface area contributed by atoms with Crippen LogP contribution in [0.15, 0.2) is 36.4 Å². The Bertz CT molecular complexity index is 1070. The third kappa shape index (κ3) is 3.22. The van der Waals surface area contributed by atoms with E-state index >= 15 is 0 Å². The number of fused-ring (bicyclic) bond motifs is 2. The highest BCUT2D eigenvalue weighted by molar-refractivity contribution is 7.17. The maximum atomic E-state index is 13.0. The molecule has 0 fully saturated rings. The Kier molecular flexibility index (Phi) is 4.66. The van der Waals surface area contributed by atoms with Gasteiger partial charge in [-0.25, -0.2) is 0 Å². The van der Waals surface area contributed by atoms with Crippen molar-refractivity contribution in [3.05, 3.63) is 63.0 Å². The summed E-state index contributed by atoms with van der Waals surface area (Å²) in [7, 11) is 0. The molecule has 0 radical (unpaired) electrons. The van der Waals surface area contributed by atoms with Crippen LogP contribution in [0.1, 0.15) is 44.5 Å². The number of anilines is 1. The Morgan fingerprint density at radius 2 is 1.93 bits per heavy atom. The smallest absolute Gasteiger partial charge is 0.256 e. The molecule has 2 amide bonds. The van der Waals surface area contributed by atoms with Crippen molar-refractivity contribution in [2.24, 2.45) is 11.7 Å². The molecule has 27 heavy (non-hydrogen) atoms. The van der Waals surface area contributed by atoms with Gasteiger partial charge in [0.05, 0.1) is 5.56 Å². The normalized spacial score (nSPS) is 16.1. The zero-order valence-electron chi connectivity index (χ0n) is 14.8. The first kappa shape index (κ1) is 18.0. The number of carbonyl (C=O) groups excluding carboxylic acids is 2. The summed E-state index contributed by atoms with van der Waals surface area (Å²) in [4.78, 5) is 26.2. The number of primary amides is 1. The van der Waals surface area contributed by atoms with Gasteiger partial charge in [0.15, 0.2) is 0 Å². The fraction of sp³-hybridized carbons (Fsp3) is 0.238. The molecule has 0 saturated carbocycles. The SMILES string of the molecule is C[C@H]1CCc2c(sc(NC(=O)c3cccc4c(Cl)cccc34)c2C(N)=O)C1. The topological polar surface area (TPSA) is 72.2 Å². The molecule has 0 aliphatic heterocycles. The minimum atomic E-state index is -0.488. The maximum absolute atomic E-state index is 13.0. The van der Waals surface area contributed by atoms with Crippen LogP contribution in [0.4, 0.5) is 5.00 Å². The minimum absolute atomic E-state index is 0.267. The Morgan fingerprint density at radius 1 is 1.19 bits per heavy atom. The van der Waals surface area contributed by atoms with Crippen molar-refractivity contribution in [1.29, 1.82) is 0 Å². The summed E-state index contributed by atoms with van der Waals surface area (Å²) in [6.45, 7) is 2.20. The van der Waals surface area contributed by atoms with E-state index in [1.165, 1.54) is 11.3 Å². The summed E-state index contributed by atoms with van der Waals surface area (Å²) in [6.07, 6.45) is 2.77. The number of benzene rings is 2. The second-order valence-electron chi connectivity index (χ2n) is 7.01. The number of hydrogen-bond donors (Lipinski definition) is 2. The molecule has 4 nitrogen and oxygen atoms in total. The molecule has 6 heteroatoms. The van der Waals surface area contributed by atoms with Crippen LogP contribution in [-0.2, 0) is 12.8 Å². The van der Waals surface area contributed by atoms with Crippen molar-refractivity contribution in [2.75, 3.05) is 5.32 Å². The lowest BCUT2D eigenvalue weighted by atomic mass is 9.88. The number of amides is 2. The number of nitrogens with one attached hydrogen (secondary N) is 1. The van der Waals surface area contributed by atoms with Crippen molar-refractivity contribution >= 4 is 50.5 Å². The highest BCUT2D eigenvalue weighted by atomic mass is 35.5. The fourth-order valence-corrected chi connectivity index (χ4v) is 5.39. The molecular formula is C21H19ClN2O2S. The number of thiophene rings is 1. The van der Waals surface area contributed by atoms with Gasteiger partial charge in [-0.2, -0.15) is 0 Å². The third-order valence-corrected chi connectivity index (χ3v) is 6.60. The molecule has 1 atom stereocenters. The van der Waals surface area contributed by atoms with E-state index in [0.717, 1.165) is 40.5 Å². The molecule has 0 unspecified atom stereocenters. The van der Waals surface area contributed by atoms with E-state index < -0.39 is 5.91 Å². The number of halogens is 1. The number of carbonyl (C=O) groups is 2. The Hall–Kier alpha value is -2.37. The van der Waals surface area contributed by atoms with Crippen LogP contribution in [-0.4, -0.2) is 11.8 Å². The van der Waals surface area contributed by atoms with Gasteiger partial charge in [-0.05, 0) is 48.3 Å². The maximum Gasteiger partial charge on any atom is 0.256 e. The third-order valence-electron chi connectivity index (χ3n) is 5.10. The van der Waals surface area contributed by atoms with Gasteiger partial charge in [-0.3, -0.25) is 9.59 Å². The van der Waals surface area contributed by atoms with Crippen molar-refractivity contribution in [1.82, 2.24) is 0 Å². The highest BCUT2D eigenvalue weighted by Crippen LogP contribution is 2.39. The first-order valence-electron chi connectivity index (χ1n) is 8.88. The lowest BCUT2D eigenvalue weighted by molar-refractivity contribution is 0.1000. The van der Waals surface area contributed by atoms with Crippen LogP contribution < -0.4 is 11.1 Å². The molecule has 1 aliphatic carbocycles. The van der Waals surface area contributed by atoms with Gasteiger partial charge in [-0.1, -0.05) is 42.8 Å². The molecule has 3 N–H and O–H groups in total. The molecule has 138 valence electrons. The van der Waals surface area contributed by atoms with Crippen molar-refractivity contribution in [3.63, 3.8) is 0 Å². The van der Waals surface area contributed by atoms with Gasteiger partial charge in [0.2, 0.25) is 0 Å². The van der Waals surface area contributed by atoms with E-state index in [0.29, 0.717) is 27.1 Å². The molecule has 4 rings (SSSR count). The van der Waals surface area contributed by atoms with Crippen LogP contribution in [0, 0.1) is 5.92 Å². The zero-order chi connectivity index (χ0) is 19.1. The summed E-state index contributed by atoms with van der Waals surface area (Å²) in [5, 5.41) is 5.67. The summed E-state index contributed by atoms with van der Waals surface area (Å²) < 4.78 is 0. The summed E-state index contributed by atoms with van der Waals surface area (Å²) in [6, 6.07) is 10.9. The van der Waals surface area contributed by atoms with Gasteiger partial charge < -0.3 is 11.1 Å². The number of rotatable bonds is 3. The van der Waals surface area contributed by atoms with Gasteiger partial charge in [0.25, 0.3) is 11.8 Å². The second kappa shape index (κ2) is 6.98. The summed E-state index contributed by atoms with van der Waals surface area (Å²) in [5.74, 6) is -0.184. The van der Waals surface area contributed by atoms with Crippen LogP contribution >= 0.6 is 22.9 Å². The second-order valence-corrected chi connectivity index (χ2v) is 8.53. The summed E-state index contributed by atoms with van der Waals surface area (Å²) in [5.41, 5.74) is 7.63. The largest absolute Gasteiger partial charge is 0.365 e. The van der Waals surface area contributed by atoms with Gasteiger partial charge in [0, 0.05) is 20.8 Å². The van der Waals surface area contributed by atoms with Crippen molar-refractivity contribution < 1.29 is 9.59 Å². The molecule has 0 bridgehead atoms. The fourth-order valence-electron chi connectivity index (χ4n) is 3.74. The Balaban J connectivity index is 1.74. The first-order chi connectivity index (χ1) is 13.0. The lowest BCUT2D eigenvalue weighted by Gasteiger charge is -2.18. The van der Waals surface area contributed by atoms with Gasteiger partial charge >= 0.3 is 0 Å². The number of hydrogen-bond acceptors (Lipinski definition) is 3. The van der Waals surface area contributed by atoms with Crippen LogP contribution in [0.3, 0.4) is 0 Å². The number of nitrogens with two attached hydrogens (primary N) is 1. The van der Waals surface area contributed by atoms with E-state index in [1.54, 1.807) is 18.2 Å². The molecule has 0 spiro atoms. The van der Waals surface area contributed by atoms with Crippen LogP contribution in [0.25, 0.3) is 10.8 Å². The standard InChI is InChI=1S/C21H19ClN2O2S/c1-11-8-9-15-17(10-11)27-21(18(15)19(23)25)24-20(26)14-6-2-5-13-12(14)4-3-7-16(13)22/h2-7,11H,8-10H2,1H3,(H2,23,25)(H,24,26)/t11-/m0/s1. The molecule has 1 aliphatic rings. The van der Waals surface area contributed by atoms with Crippen LogP contribution in [0.2, 0.25) is 5.02 Å². The van der Waals surface area contributed by atoms with Gasteiger partial charge in [0.1, 0.15) is 5.00 Å². The molecular weight excluding hydrogens is 380 g/mol. The van der Waals surface area contributed by atoms with E-state index in [1.807, 2.05) is 18.2 Å². The van der Waals surface area contributed by atoms with Crippen molar-refractivity contribution in [3.8, 4) is 0 Å². The first-order valence-corrected chi connectivity index (χ1v) is 10.1. The Morgan fingerprint density at radius 3 is 2.70 bits per heavy atom. The predicted molar refractivity (Wildman–Crippen MR) is 111 cm³/mol. The molecule has 3 aromatic rings. The molecule has 2 aromatic carbocycles.